The van der Waals surface area contributed by atoms with E-state index in [0.29, 0.717) is 25.9 Å². The molecular formula is C17H31ClN4O4S. The highest BCUT2D eigenvalue weighted by Gasteiger charge is 2.47. The molecule has 0 atom stereocenters. The lowest BCUT2D eigenvalue weighted by molar-refractivity contribution is -0.137. The third kappa shape index (κ3) is 5.01. The summed E-state index contributed by atoms with van der Waals surface area (Å²) in [4.78, 5) is 14.8. The molecule has 3 N–H and O–H groups in total. The topological polar surface area (TPSA) is 119 Å². The van der Waals surface area contributed by atoms with E-state index in [9.17, 15) is 13.2 Å². The van der Waals surface area contributed by atoms with E-state index in [0.717, 1.165) is 12.8 Å². The number of aryl methyl sites for hydroxylation is 2. The summed E-state index contributed by atoms with van der Waals surface area (Å²) in [7, 11) is -2.23. The first-order valence-corrected chi connectivity index (χ1v) is 10.3. The summed E-state index contributed by atoms with van der Waals surface area (Å²) in [5.74, 6) is 0.0000702. The molecule has 0 radical (unpaired) electrons. The van der Waals surface area contributed by atoms with Gasteiger partial charge in [-0.1, -0.05) is 31.8 Å². The Morgan fingerprint density at radius 3 is 2.33 bits per heavy atom. The number of aromatic nitrogens is 1. The molecule has 1 aromatic rings. The van der Waals surface area contributed by atoms with Crippen molar-refractivity contribution in [1.29, 1.82) is 0 Å². The van der Waals surface area contributed by atoms with E-state index in [1.807, 2.05) is 13.8 Å². The second kappa shape index (κ2) is 8.46. The molecule has 0 aromatic carbocycles. The van der Waals surface area contributed by atoms with Crippen LogP contribution in [0.15, 0.2) is 9.42 Å². The fourth-order valence-electron chi connectivity index (χ4n) is 3.65. The zero-order valence-electron chi connectivity index (χ0n) is 16.7. The van der Waals surface area contributed by atoms with Crippen molar-refractivity contribution in [3.8, 4) is 0 Å². The number of carbonyl (C=O) groups is 1. The molecule has 156 valence electrons. The average molecular weight is 423 g/mol. The predicted molar refractivity (Wildman–Crippen MR) is 105 cm³/mol. The fraction of sp³-hybridized carbons (Fsp3) is 0.765. The lowest BCUT2D eigenvalue weighted by atomic mass is 9.91. The Morgan fingerprint density at radius 2 is 1.89 bits per heavy atom. The lowest BCUT2D eigenvalue weighted by Gasteiger charge is -2.36. The summed E-state index contributed by atoms with van der Waals surface area (Å²) in [5.41, 5.74) is 4.68. The molecule has 0 bridgehead atoms. The van der Waals surface area contributed by atoms with Crippen LogP contribution in [-0.2, 0) is 14.8 Å². The molecule has 1 aromatic heterocycles. The number of nitrogens with one attached hydrogen (secondary N) is 1. The zero-order chi connectivity index (χ0) is 19.8. The Bertz CT molecular complexity index is 750. The summed E-state index contributed by atoms with van der Waals surface area (Å²) in [5, 5.41) is 3.72. The maximum Gasteiger partial charge on any atom is 0.246 e. The Morgan fingerprint density at radius 1 is 1.33 bits per heavy atom. The molecule has 1 fully saturated rings. The van der Waals surface area contributed by atoms with Gasteiger partial charge in [0.1, 0.15) is 16.1 Å². The Kier molecular flexibility index (Phi) is 7.49. The summed E-state index contributed by atoms with van der Waals surface area (Å²) >= 11 is 0. The summed E-state index contributed by atoms with van der Waals surface area (Å²) in [6.45, 7) is 7.97. The molecule has 0 unspecified atom stereocenters. The fourth-order valence-corrected chi connectivity index (χ4v) is 5.40. The van der Waals surface area contributed by atoms with Crippen molar-refractivity contribution in [1.82, 2.24) is 14.8 Å². The minimum Gasteiger partial charge on any atom is -0.360 e. The van der Waals surface area contributed by atoms with E-state index < -0.39 is 15.6 Å². The Hall–Kier alpha value is -1.16. The quantitative estimate of drug-likeness (QED) is 0.690. The number of hydrogen-bond acceptors (Lipinski definition) is 6. The Labute approximate surface area is 167 Å². The standard InChI is InChI=1S/C17H30N4O4S.ClH/c1-12-14(13(2)25-19-12)26(23,24)20-17(8-6-7-9-17)15(22)21(5)11-16(3,4)10-18;/h20H,6-11,18H2,1-5H3;1H. The molecule has 0 spiro atoms. The van der Waals surface area contributed by atoms with Crippen LogP contribution < -0.4 is 10.5 Å². The van der Waals surface area contributed by atoms with Crippen LogP contribution in [0.2, 0.25) is 0 Å². The number of carbonyl (C=O) groups excluding carboxylic acids is 1. The lowest BCUT2D eigenvalue weighted by Crippen LogP contribution is -2.58. The van der Waals surface area contributed by atoms with Crippen molar-refractivity contribution in [3.05, 3.63) is 11.5 Å². The Balaban J connectivity index is 0.00000364. The molecular weight excluding hydrogens is 392 g/mol. The summed E-state index contributed by atoms with van der Waals surface area (Å²) < 4.78 is 33.6. The van der Waals surface area contributed by atoms with Gasteiger partial charge in [-0.3, -0.25) is 4.79 Å². The van der Waals surface area contributed by atoms with Crippen molar-refractivity contribution in [2.75, 3.05) is 20.1 Å². The smallest absolute Gasteiger partial charge is 0.246 e. The predicted octanol–water partition coefficient (Wildman–Crippen LogP) is 1.75. The van der Waals surface area contributed by atoms with Crippen LogP contribution in [-0.4, -0.2) is 50.1 Å². The summed E-state index contributed by atoms with van der Waals surface area (Å²) in [6, 6.07) is 0. The molecule has 10 heteroatoms. The molecule has 1 saturated carbocycles. The van der Waals surface area contributed by atoms with Gasteiger partial charge in [0.2, 0.25) is 15.9 Å². The molecule has 27 heavy (non-hydrogen) atoms. The van der Waals surface area contributed by atoms with Gasteiger partial charge in [0.05, 0.1) is 0 Å². The zero-order valence-corrected chi connectivity index (χ0v) is 18.3. The van der Waals surface area contributed by atoms with Crippen molar-refractivity contribution >= 4 is 28.3 Å². The molecule has 1 amide bonds. The minimum absolute atomic E-state index is 0. The highest BCUT2D eigenvalue weighted by molar-refractivity contribution is 7.89. The first-order chi connectivity index (χ1) is 11.9. The number of hydrogen-bond donors (Lipinski definition) is 2. The highest BCUT2D eigenvalue weighted by Crippen LogP contribution is 2.34. The largest absolute Gasteiger partial charge is 0.360 e. The molecule has 2 rings (SSSR count). The third-order valence-electron chi connectivity index (χ3n) is 5.00. The maximum absolute atomic E-state index is 13.2. The number of amides is 1. The first kappa shape index (κ1) is 23.9. The van der Waals surface area contributed by atoms with Crippen LogP contribution in [0.3, 0.4) is 0 Å². The molecule has 1 aliphatic carbocycles. The third-order valence-corrected chi connectivity index (χ3v) is 6.78. The molecule has 8 nitrogen and oxygen atoms in total. The number of nitrogens with zero attached hydrogens (tertiary/aromatic N) is 2. The van der Waals surface area contributed by atoms with Crippen LogP contribution in [0.1, 0.15) is 51.0 Å². The van der Waals surface area contributed by atoms with Gasteiger partial charge in [-0.25, -0.2) is 8.42 Å². The maximum atomic E-state index is 13.2. The van der Waals surface area contributed by atoms with Crippen LogP contribution in [0, 0.1) is 19.3 Å². The van der Waals surface area contributed by atoms with E-state index in [1.54, 1.807) is 25.8 Å². The number of nitrogens with two attached hydrogens (primary N) is 1. The van der Waals surface area contributed by atoms with Gasteiger partial charge in [-0.2, -0.15) is 4.72 Å². The summed E-state index contributed by atoms with van der Waals surface area (Å²) in [6.07, 6.45) is 2.54. The van der Waals surface area contributed by atoms with E-state index in [1.165, 1.54) is 0 Å². The first-order valence-electron chi connectivity index (χ1n) is 8.87. The van der Waals surface area contributed by atoms with Crippen molar-refractivity contribution in [3.63, 3.8) is 0 Å². The van der Waals surface area contributed by atoms with Gasteiger partial charge in [0.25, 0.3) is 0 Å². The second-order valence-corrected chi connectivity index (χ2v) is 9.70. The number of rotatable bonds is 7. The number of sulfonamides is 1. The van der Waals surface area contributed by atoms with Crippen LogP contribution in [0.5, 0.6) is 0 Å². The second-order valence-electron chi connectivity index (χ2n) is 8.08. The van der Waals surface area contributed by atoms with Crippen LogP contribution >= 0.6 is 12.4 Å². The van der Waals surface area contributed by atoms with Gasteiger partial charge in [-0.15, -0.1) is 12.4 Å². The highest BCUT2D eigenvalue weighted by atomic mass is 35.5. The number of halogens is 1. The van der Waals surface area contributed by atoms with E-state index in [4.69, 9.17) is 10.3 Å². The number of likely N-dealkylation sites (N-methyl/N-ethyl adjacent to an activating group) is 1. The van der Waals surface area contributed by atoms with Gasteiger partial charge in [-0.05, 0) is 38.6 Å². The van der Waals surface area contributed by atoms with Gasteiger partial charge in [0.15, 0.2) is 5.76 Å². The normalized spacial score (nSPS) is 16.8. The molecule has 0 aliphatic heterocycles. The van der Waals surface area contributed by atoms with Gasteiger partial charge >= 0.3 is 0 Å². The van der Waals surface area contributed by atoms with Crippen LogP contribution in [0.4, 0.5) is 0 Å². The van der Waals surface area contributed by atoms with Crippen molar-refractivity contribution in [2.24, 2.45) is 11.1 Å². The monoisotopic (exact) mass is 422 g/mol. The van der Waals surface area contributed by atoms with Gasteiger partial charge < -0.3 is 15.2 Å². The van der Waals surface area contributed by atoms with E-state index in [2.05, 4.69) is 9.88 Å². The van der Waals surface area contributed by atoms with E-state index in [-0.39, 0.29) is 40.1 Å². The van der Waals surface area contributed by atoms with Gasteiger partial charge in [0, 0.05) is 13.6 Å². The van der Waals surface area contributed by atoms with Crippen LogP contribution in [0.25, 0.3) is 0 Å². The van der Waals surface area contributed by atoms with E-state index >= 15 is 0 Å². The molecule has 1 heterocycles. The molecule has 0 saturated heterocycles. The SMILES string of the molecule is Cc1noc(C)c1S(=O)(=O)NC1(C(=O)N(C)CC(C)(C)CN)CCCC1.Cl. The van der Waals surface area contributed by atoms with Crippen molar-refractivity contribution in [2.45, 2.75) is 63.8 Å². The molecule has 1 aliphatic rings. The van der Waals surface area contributed by atoms with Crippen molar-refractivity contribution < 1.29 is 17.7 Å². The average Bonchev–Trinajstić information content (AvgIpc) is 3.13. The minimum atomic E-state index is -3.93.